The lowest BCUT2D eigenvalue weighted by molar-refractivity contribution is -0.140. The Kier molecular flexibility index (Phi) is 4.89. The number of sulfonamides is 1. The minimum atomic E-state index is -3.65. The molecule has 2 aromatic rings. The molecule has 0 spiro atoms. The Morgan fingerprint density at radius 1 is 1.30 bits per heavy atom. The summed E-state index contributed by atoms with van der Waals surface area (Å²) in [7, 11) is -3.65. The van der Waals surface area contributed by atoms with Gasteiger partial charge in [-0.3, -0.25) is 4.79 Å². The maximum absolute atomic E-state index is 13.0. The average Bonchev–Trinajstić information content (AvgIpc) is 3.13. The summed E-state index contributed by atoms with van der Waals surface area (Å²) in [5.41, 5.74) is 0.544. The first-order valence-corrected chi connectivity index (χ1v) is 10.5. The topological polar surface area (TPSA) is 108 Å². The zero-order chi connectivity index (χ0) is 19.0. The fourth-order valence-corrected chi connectivity index (χ4v) is 5.21. The van der Waals surface area contributed by atoms with Crippen molar-refractivity contribution in [2.75, 3.05) is 39.3 Å². The summed E-state index contributed by atoms with van der Waals surface area (Å²) in [6.07, 6.45) is 2.91. The van der Waals surface area contributed by atoms with Crippen LogP contribution in [0.2, 0.25) is 0 Å². The molecule has 1 amide bonds. The summed E-state index contributed by atoms with van der Waals surface area (Å²) in [6.45, 7) is 4.37. The molecule has 2 aliphatic rings. The summed E-state index contributed by atoms with van der Waals surface area (Å²) in [5.74, 6) is -0.0319. The highest BCUT2D eigenvalue weighted by Crippen LogP contribution is 2.25. The minimum absolute atomic E-state index is 0.0319. The second kappa shape index (κ2) is 7.19. The zero-order valence-corrected chi connectivity index (χ0v) is 15.9. The van der Waals surface area contributed by atoms with Gasteiger partial charge < -0.3 is 19.9 Å². The molecule has 0 unspecified atom stereocenters. The second-order valence-corrected chi connectivity index (χ2v) is 8.70. The first-order valence-electron chi connectivity index (χ1n) is 9.04. The monoisotopic (exact) mass is 393 g/mol. The lowest BCUT2D eigenvalue weighted by atomic mass is 10.1. The van der Waals surface area contributed by atoms with Crippen LogP contribution in [0, 0.1) is 0 Å². The van der Waals surface area contributed by atoms with Crippen molar-refractivity contribution in [3.63, 3.8) is 0 Å². The van der Waals surface area contributed by atoms with Crippen molar-refractivity contribution in [2.24, 2.45) is 0 Å². The molecule has 4 rings (SSSR count). The number of carbonyl (C=O) groups is 1. The van der Waals surface area contributed by atoms with Crippen LogP contribution in [0.4, 0.5) is 0 Å². The van der Waals surface area contributed by atoms with Crippen molar-refractivity contribution < 1.29 is 17.9 Å². The number of hydrogen-bond donors (Lipinski definition) is 2. The van der Waals surface area contributed by atoms with Crippen molar-refractivity contribution in [3.8, 4) is 0 Å². The summed E-state index contributed by atoms with van der Waals surface area (Å²) in [6, 6.07) is 3.08. The van der Waals surface area contributed by atoms with Crippen LogP contribution >= 0.6 is 0 Å². The lowest BCUT2D eigenvalue weighted by Crippen LogP contribution is -2.60. The molecular weight excluding hydrogens is 370 g/mol. The highest BCUT2D eigenvalue weighted by atomic mass is 32.2. The molecule has 2 atom stereocenters. The molecule has 2 fully saturated rings. The molecule has 2 N–H and O–H groups in total. The van der Waals surface area contributed by atoms with Gasteiger partial charge in [-0.05, 0) is 19.1 Å². The van der Waals surface area contributed by atoms with Crippen LogP contribution in [0.1, 0.15) is 6.92 Å². The van der Waals surface area contributed by atoms with E-state index in [9.17, 15) is 13.2 Å². The van der Waals surface area contributed by atoms with Crippen LogP contribution in [0.3, 0.4) is 0 Å². The normalized spacial score (nSPS) is 25.0. The Morgan fingerprint density at radius 3 is 2.81 bits per heavy atom. The predicted octanol–water partition coefficient (Wildman–Crippen LogP) is -0.227. The Balaban J connectivity index is 1.46. The van der Waals surface area contributed by atoms with Crippen molar-refractivity contribution in [1.82, 2.24) is 24.5 Å². The van der Waals surface area contributed by atoms with E-state index in [4.69, 9.17) is 4.74 Å². The van der Waals surface area contributed by atoms with Crippen molar-refractivity contribution in [1.29, 1.82) is 0 Å². The summed E-state index contributed by atoms with van der Waals surface area (Å²) >= 11 is 0. The molecule has 0 aromatic carbocycles. The van der Waals surface area contributed by atoms with E-state index in [1.807, 2.05) is 6.92 Å². The van der Waals surface area contributed by atoms with Gasteiger partial charge in [0.2, 0.25) is 15.9 Å². The van der Waals surface area contributed by atoms with E-state index < -0.39 is 10.0 Å². The van der Waals surface area contributed by atoms with E-state index >= 15 is 0 Å². The fraction of sp³-hybridized carbons (Fsp3) is 0.529. The van der Waals surface area contributed by atoms with Gasteiger partial charge in [-0.1, -0.05) is 0 Å². The number of morpholine rings is 1. The van der Waals surface area contributed by atoms with Gasteiger partial charge >= 0.3 is 0 Å². The molecule has 2 saturated heterocycles. The smallest absolute Gasteiger partial charge is 0.245 e. The second-order valence-electron chi connectivity index (χ2n) is 6.79. The van der Waals surface area contributed by atoms with Crippen molar-refractivity contribution in [3.05, 3.63) is 24.5 Å². The largest absolute Gasteiger partial charge is 0.375 e. The third-order valence-electron chi connectivity index (χ3n) is 5.16. The van der Waals surface area contributed by atoms with Gasteiger partial charge in [0.1, 0.15) is 16.6 Å². The molecule has 10 heteroatoms. The third kappa shape index (κ3) is 3.33. The SMILES string of the molecule is C[C@H]1OCCN[C@@H]1C(=O)N1CCN(S(=O)(=O)c2c[nH]c3ncccc23)CC1. The Hall–Kier alpha value is -2.01. The summed E-state index contributed by atoms with van der Waals surface area (Å²) < 4.78 is 33.0. The number of hydrogen-bond acceptors (Lipinski definition) is 6. The van der Waals surface area contributed by atoms with Crippen LogP contribution in [0.15, 0.2) is 29.4 Å². The fourth-order valence-electron chi connectivity index (χ4n) is 3.64. The molecule has 146 valence electrons. The van der Waals surface area contributed by atoms with Gasteiger partial charge in [0.25, 0.3) is 0 Å². The van der Waals surface area contributed by atoms with Crippen molar-refractivity contribution in [2.45, 2.75) is 24.0 Å². The molecular formula is C17H23N5O4S. The van der Waals surface area contributed by atoms with Crippen LogP contribution < -0.4 is 5.32 Å². The van der Waals surface area contributed by atoms with E-state index in [-0.39, 0.29) is 36.0 Å². The minimum Gasteiger partial charge on any atom is -0.375 e. The Labute approximate surface area is 157 Å². The molecule has 0 radical (unpaired) electrons. The molecule has 0 bridgehead atoms. The van der Waals surface area contributed by atoms with Gasteiger partial charge in [-0.15, -0.1) is 0 Å². The lowest BCUT2D eigenvalue weighted by Gasteiger charge is -2.38. The number of nitrogens with one attached hydrogen (secondary N) is 2. The van der Waals surface area contributed by atoms with Gasteiger partial charge in [0, 0.05) is 50.5 Å². The number of rotatable bonds is 3. The van der Waals surface area contributed by atoms with E-state index in [0.29, 0.717) is 37.3 Å². The number of amides is 1. The zero-order valence-electron chi connectivity index (χ0n) is 15.1. The van der Waals surface area contributed by atoms with Gasteiger partial charge in [0.05, 0.1) is 12.7 Å². The number of piperazine rings is 1. The highest BCUT2D eigenvalue weighted by Gasteiger charge is 2.36. The van der Waals surface area contributed by atoms with Crippen LogP contribution in [0.25, 0.3) is 11.0 Å². The maximum Gasteiger partial charge on any atom is 0.245 e. The van der Waals surface area contributed by atoms with Gasteiger partial charge in [-0.2, -0.15) is 4.31 Å². The number of nitrogens with zero attached hydrogens (tertiary/aromatic N) is 3. The first kappa shape index (κ1) is 18.4. The van der Waals surface area contributed by atoms with E-state index in [0.717, 1.165) is 0 Å². The standard InChI is InChI=1S/C17H23N5O4S/c1-12-15(18-5-10-26-12)17(23)21-6-8-22(9-7-21)27(24,25)14-11-20-16-13(14)3-2-4-19-16/h2-4,11-12,15,18H,5-10H2,1H3,(H,19,20)/t12-,15+/m1/s1. The summed E-state index contributed by atoms with van der Waals surface area (Å²) in [5, 5.41) is 3.77. The number of ether oxygens (including phenoxy) is 1. The number of aromatic amines is 1. The quantitative estimate of drug-likeness (QED) is 0.746. The Morgan fingerprint density at radius 2 is 2.07 bits per heavy atom. The summed E-state index contributed by atoms with van der Waals surface area (Å²) in [4.78, 5) is 21.7. The molecule has 9 nitrogen and oxygen atoms in total. The number of H-pyrrole nitrogens is 1. The molecule has 2 aromatic heterocycles. The van der Waals surface area contributed by atoms with Crippen LogP contribution in [-0.4, -0.2) is 85.0 Å². The van der Waals surface area contributed by atoms with Crippen molar-refractivity contribution >= 4 is 27.0 Å². The number of fused-ring (bicyclic) bond motifs is 1. The van der Waals surface area contributed by atoms with Crippen LogP contribution in [0.5, 0.6) is 0 Å². The van der Waals surface area contributed by atoms with E-state index in [1.54, 1.807) is 23.2 Å². The molecule has 4 heterocycles. The molecule has 27 heavy (non-hydrogen) atoms. The number of aromatic nitrogens is 2. The molecule has 0 saturated carbocycles. The molecule has 0 aliphatic carbocycles. The maximum atomic E-state index is 13.0. The van der Waals surface area contributed by atoms with Crippen LogP contribution in [-0.2, 0) is 19.6 Å². The number of carbonyl (C=O) groups excluding carboxylic acids is 1. The highest BCUT2D eigenvalue weighted by molar-refractivity contribution is 7.89. The third-order valence-corrected chi connectivity index (χ3v) is 7.10. The van der Waals surface area contributed by atoms with Gasteiger partial charge in [-0.25, -0.2) is 13.4 Å². The predicted molar refractivity (Wildman–Crippen MR) is 98.6 cm³/mol. The van der Waals surface area contributed by atoms with E-state index in [1.165, 1.54) is 10.5 Å². The van der Waals surface area contributed by atoms with E-state index in [2.05, 4.69) is 15.3 Å². The average molecular weight is 393 g/mol. The van der Waals surface area contributed by atoms with Gasteiger partial charge in [0.15, 0.2) is 0 Å². The number of pyridine rings is 1. The molecule has 2 aliphatic heterocycles. The first-order chi connectivity index (χ1) is 13.0. The Bertz CT molecular complexity index is 936.